The Morgan fingerprint density at radius 2 is 2.05 bits per heavy atom. The molecule has 0 aliphatic carbocycles. The number of carbonyl (C=O) groups is 2. The zero-order valence-corrected chi connectivity index (χ0v) is 12.0. The van der Waals surface area contributed by atoms with E-state index < -0.39 is 5.97 Å². The molecule has 1 N–H and O–H groups in total. The second-order valence-corrected chi connectivity index (χ2v) is 5.99. The van der Waals surface area contributed by atoms with E-state index in [0.717, 1.165) is 12.7 Å². The van der Waals surface area contributed by atoms with Crippen molar-refractivity contribution >= 4 is 11.9 Å². The highest BCUT2D eigenvalue weighted by atomic mass is 16.4. The monoisotopic (exact) mass is 277 g/mol. The van der Waals surface area contributed by atoms with Gasteiger partial charge in [-0.1, -0.05) is 32.4 Å². The quantitative estimate of drug-likeness (QED) is 0.844. The summed E-state index contributed by atoms with van der Waals surface area (Å²) in [5.41, 5.74) is 1.46. The molecule has 20 heavy (non-hydrogen) atoms. The van der Waals surface area contributed by atoms with Crippen LogP contribution < -0.4 is 0 Å². The molecular weight excluding hydrogens is 258 g/mol. The third-order valence-electron chi connectivity index (χ3n) is 3.52. The van der Waals surface area contributed by atoms with Gasteiger partial charge < -0.3 is 14.4 Å². The predicted molar refractivity (Wildman–Crippen MR) is 73.7 cm³/mol. The fourth-order valence-electron chi connectivity index (χ4n) is 2.25. The van der Waals surface area contributed by atoms with Crippen LogP contribution >= 0.6 is 0 Å². The maximum atomic E-state index is 12.2. The van der Waals surface area contributed by atoms with Crippen molar-refractivity contribution in [3.05, 3.63) is 35.3 Å². The number of hydrogen-bond acceptors (Lipinski definition) is 3. The number of carbonyl (C=O) groups excluding carboxylic acids is 1. The molecule has 0 radical (unpaired) electrons. The maximum absolute atomic E-state index is 12.2. The van der Waals surface area contributed by atoms with E-state index in [-0.39, 0.29) is 22.6 Å². The summed E-state index contributed by atoms with van der Waals surface area (Å²) in [5.74, 6) is -1.28. The summed E-state index contributed by atoms with van der Waals surface area (Å²) >= 11 is 0. The molecule has 0 bridgehead atoms. The molecule has 0 saturated carbocycles. The minimum absolute atomic E-state index is 0.00344. The van der Waals surface area contributed by atoms with Gasteiger partial charge in [-0.25, -0.2) is 4.79 Å². The molecule has 0 atom stereocenters. The molecule has 0 unspecified atom stereocenters. The topological polar surface area (TPSA) is 70.8 Å². The highest BCUT2D eigenvalue weighted by Crippen LogP contribution is 2.30. The average molecular weight is 277 g/mol. The Labute approximate surface area is 117 Å². The van der Waals surface area contributed by atoms with E-state index in [9.17, 15) is 9.59 Å². The second kappa shape index (κ2) is 5.15. The number of carboxylic acid groups (broad SMARTS) is 1. The van der Waals surface area contributed by atoms with Crippen LogP contribution in [0.3, 0.4) is 0 Å². The Bertz CT molecular complexity index is 563. The van der Waals surface area contributed by atoms with Crippen molar-refractivity contribution in [1.29, 1.82) is 0 Å². The number of furan rings is 1. The van der Waals surface area contributed by atoms with Gasteiger partial charge in [-0.2, -0.15) is 0 Å². The van der Waals surface area contributed by atoms with Gasteiger partial charge in [0.1, 0.15) is 6.26 Å². The van der Waals surface area contributed by atoms with Crippen molar-refractivity contribution in [3.8, 4) is 0 Å². The van der Waals surface area contributed by atoms with E-state index in [2.05, 4.69) is 26.8 Å². The molecule has 5 nitrogen and oxygen atoms in total. The SMILES string of the molecule is CC(C)(C)C1=CCN(C(=O)c2cc(C(=O)O)co2)CC1. The van der Waals surface area contributed by atoms with Crippen molar-refractivity contribution in [2.45, 2.75) is 27.2 Å². The lowest BCUT2D eigenvalue weighted by atomic mass is 9.83. The summed E-state index contributed by atoms with van der Waals surface area (Å²) in [4.78, 5) is 24.6. The first-order chi connectivity index (χ1) is 9.29. The van der Waals surface area contributed by atoms with Crippen LogP contribution in [-0.2, 0) is 0 Å². The molecule has 1 aromatic rings. The Balaban J connectivity index is 2.08. The Hall–Kier alpha value is -2.04. The van der Waals surface area contributed by atoms with Crippen LogP contribution in [0.15, 0.2) is 28.4 Å². The average Bonchev–Trinajstić information content (AvgIpc) is 2.86. The Morgan fingerprint density at radius 3 is 2.50 bits per heavy atom. The molecule has 1 aromatic heterocycles. The third kappa shape index (κ3) is 2.92. The van der Waals surface area contributed by atoms with Crippen LogP contribution in [0.5, 0.6) is 0 Å². The van der Waals surface area contributed by atoms with E-state index in [1.165, 1.54) is 11.6 Å². The van der Waals surface area contributed by atoms with Crippen molar-refractivity contribution in [2.24, 2.45) is 5.41 Å². The molecule has 2 heterocycles. The van der Waals surface area contributed by atoms with E-state index in [1.807, 2.05) is 0 Å². The summed E-state index contributed by atoms with van der Waals surface area (Å²) in [7, 11) is 0. The third-order valence-corrected chi connectivity index (χ3v) is 3.52. The molecule has 0 saturated heterocycles. The summed E-state index contributed by atoms with van der Waals surface area (Å²) in [6.07, 6.45) is 4.00. The summed E-state index contributed by atoms with van der Waals surface area (Å²) in [6, 6.07) is 1.27. The minimum atomic E-state index is -1.10. The lowest BCUT2D eigenvalue weighted by Gasteiger charge is -2.31. The summed E-state index contributed by atoms with van der Waals surface area (Å²) in [6.45, 7) is 7.63. The Morgan fingerprint density at radius 1 is 1.35 bits per heavy atom. The lowest BCUT2D eigenvalue weighted by molar-refractivity contribution is 0.0694. The van der Waals surface area contributed by atoms with Gasteiger partial charge in [-0.15, -0.1) is 0 Å². The highest BCUT2D eigenvalue weighted by Gasteiger charge is 2.26. The fraction of sp³-hybridized carbons (Fsp3) is 0.467. The van der Waals surface area contributed by atoms with Crippen LogP contribution in [0.25, 0.3) is 0 Å². The van der Waals surface area contributed by atoms with Crippen molar-refractivity contribution in [3.63, 3.8) is 0 Å². The molecule has 108 valence electrons. The highest BCUT2D eigenvalue weighted by molar-refractivity contribution is 5.95. The van der Waals surface area contributed by atoms with Crippen molar-refractivity contribution in [1.82, 2.24) is 4.90 Å². The molecule has 0 spiro atoms. The van der Waals surface area contributed by atoms with E-state index in [1.54, 1.807) is 4.90 Å². The zero-order chi connectivity index (χ0) is 14.9. The molecule has 5 heteroatoms. The standard InChI is InChI=1S/C15H19NO4/c1-15(2,3)11-4-6-16(7-5-11)13(17)12-8-10(9-20-12)14(18)19/h4,8-9H,5-7H2,1-3H3,(H,18,19). The van der Waals surface area contributed by atoms with Crippen molar-refractivity contribution in [2.75, 3.05) is 13.1 Å². The normalized spacial score (nSPS) is 15.9. The van der Waals surface area contributed by atoms with Gasteiger partial charge in [0, 0.05) is 19.2 Å². The van der Waals surface area contributed by atoms with Gasteiger partial charge in [0.15, 0.2) is 5.76 Å². The molecule has 1 amide bonds. The number of hydrogen-bond donors (Lipinski definition) is 1. The van der Waals surface area contributed by atoms with Gasteiger partial charge in [0.05, 0.1) is 5.56 Å². The van der Waals surface area contributed by atoms with Gasteiger partial charge in [0.2, 0.25) is 0 Å². The van der Waals surface area contributed by atoms with Gasteiger partial charge >= 0.3 is 5.97 Å². The number of amides is 1. The molecule has 0 fully saturated rings. The number of carboxylic acids is 1. The van der Waals surface area contributed by atoms with Gasteiger partial charge in [-0.05, 0) is 11.8 Å². The smallest absolute Gasteiger partial charge is 0.338 e. The zero-order valence-electron chi connectivity index (χ0n) is 12.0. The molecule has 1 aliphatic rings. The van der Waals surface area contributed by atoms with Crippen LogP contribution in [0.4, 0.5) is 0 Å². The van der Waals surface area contributed by atoms with Gasteiger partial charge in [-0.3, -0.25) is 4.79 Å². The molecule has 2 rings (SSSR count). The Kier molecular flexibility index (Phi) is 3.70. The first-order valence-corrected chi connectivity index (χ1v) is 6.59. The summed E-state index contributed by atoms with van der Waals surface area (Å²) in [5, 5.41) is 8.82. The first kappa shape index (κ1) is 14.4. The first-order valence-electron chi connectivity index (χ1n) is 6.59. The number of aromatic carboxylic acids is 1. The lowest BCUT2D eigenvalue weighted by Crippen LogP contribution is -2.36. The fourth-order valence-corrected chi connectivity index (χ4v) is 2.25. The van der Waals surface area contributed by atoms with Crippen LogP contribution in [0.1, 0.15) is 48.1 Å². The molecular formula is C15H19NO4. The predicted octanol–water partition coefficient (Wildman–Crippen LogP) is 2.80. The van der Waals surface area contributed by atoms with E-state index in [0.29, 0.717) is 13.1 Å². The molecule has 1 aliphatic heterocycles. The number of nitrogens with zero attached hydrogens (tertiary/aromatic N) is 1. The van der Waals surface area contributed by atoms with E-state index >= 15 is 0 Å². The second-order valence-electron chi connectivity index (χ2n) is 5.99. The maximum Gasteiger partial charge on any atom is 0.338 e. The summed E-state index contributed by atoms with van der Waals surface area (Å²) < 4.78 is 5.04. The number of rotatable bonds is 2. The van der Waals surface area contributed by atoms with Crippen LogP contribution in [-0.4, -0.2) is 35.0 Å². The molecule has 0 aromatic carbocycles. The minimum Gasteiger partial charge on any atom is -0.478 e. The van der Waals surface area contributed by atoms with Crippen LogP contribution in [0.2, 0.25) is 0 Å². The largest absolute Gasteiger partial charge is 0.478 e. The van der Waals surface area contributed by atoms with Crippen LogP contribution in [0, 0.1) is 5.41 Å². The van der Waals surface area contributed by atoms with Crippen molar-refractivity contribution < 1.29 is 19.1 Å². The van der Waals surface area contributed by atoms with Gasteiger partial charge in [0.25, 0.3) is 5.91 Å². The van der Waals surface area contributed by atoms with E-state index in [4.69, 9.17) is 9.52 Å².